The first-order valence-corrected chi connectivity index (χ1v) is 9.21. The molecule has 0 fully saturated rings. The van der Waals surface area contributed by atoms with Crippen LogP contribution in [0.5, 0.6) is 0 Å². The summed E-state index contributed by atoms with van der Waals surface area (Å²) in [4.78, 5) is 10.5. The van der Waals surface area contributed by atoms with E-state index in [-0.39, 0.29) is 211 Å². The van der Waals surface area contributed by atoms with Crippen LogP contribution >= 0.6 is 0 Å². The van der Waals surface area contributed by atoms with Crippen molar-refractivity contribution < 1.29 is 221 Å². The molecule has 0 aromatic carbocycles. The van der Waals surface area contributed by atoms with E-state index < -0.39 is 5.97 Å². The minimum Gasteiger partial charge on any atom is -1.00 e. The zero-order valence-corrected chi connectivity index (χ0v) is 32.0. The summed E-state index contributed by atoms with van der Waals surface area (Å²) in [5.74, 6) is 1.65. The van der Waals surface area contributed by atoms with Gasteiger partial charge < -0.3 is 10.8 Å². The number of hydrogen-bond acceptors (Lipinski definition) is 1. The Kier molecular flexibility index (Phi) is 46.5. The van der Waals surface area contributed by atoms with Crippen LogP contribution < -0.4 is 206 Å². The Morgan fingerprint density at radius 2 is 1.19 bits per heavy atom. The minimum absolute atomic E-state index is 0. The van der Waals surface area contributed by atoms with E-state index in [1.165, 1.54) is 51.0 Å². The van der Waals surface area contributed by atoms with Crippen molar-refractivity contribution in [1.29, 1.82) is 0 Å². The van der Waals surface area contributed by atoms with Gasteiger partial charge in [-0.1, -0.05) is 78.2 Å². The molecule has 26 heavy (non-hydrogen) atoms. The molecule has 0 bridgehead atoms. The van der Waals surface area contributed by atoms with E-state index in [9.17, 15) is 4.79 Å². The number of carboxylic acid groups (broad SMARTS) is 1. The van der Waals surface area contributed by atoms with Crippen molar-refractivity contribution in [2.45, 2.75) is 92.4 Å². The third-order valence-electron chi connectivity index (χ3n) is 4.51. The van der Waals surface area contributed by atoms with Crippen molar-refractivity contribution in [3.8, 4) is 0 Å². The average Bonchev–Trinajstić information content (AvgIpc) is 2.37. The summed E-state index contributed by atoms with van der Waals surface area (Å²) < 4.78 is 0. The molecular formula is C20H42K4O2. The molecule has 0 radical (unpaired) electrons. The number of hydrogen-bond donors (Lipinski definition) is 1. The van der Waals surface area contributed by atoms with E-state index in [0.717, 1.165) is 36.2 Å². The van der Waals surface area contributed by atoms with Crippen LogP contribution in [0.25, 0.3) is 0 Å². The van der Waals surface area contributed by atoms with Gasteiger partial charge in [0.15, 0.2) is 0 Å². The summed E-state index contributed by atoms with van der Waals surface area (Å²) in [6.45, 7) is 11.3. The Hall–Kier alpha value is 5.76. The Bertz CT molecular complexity index is 351. The molecule has 0 heterocycles. The predicted molar refractivity (Wildman–Crippen MR) is 101 cm³/mol. The summed E-state index contributed by atoms with van der Waals surface area (Å²) in [6, 6.07) is 0. The summed E-state index contributed by atoms with van der Waals surface area (Å²) in [5, 5.41) is 8.68. The van der Waals surface area contributed by atoms with Gasteiger partial charge in [-0.25, -0.2) is 4.79 Å². The number of aliphatic carboxylic acids is 1. The number of carbonyl (C=O) groups is 1. The topological polar surface area (TPSA) is 37.3 Å². The Labute approximate surface area is 340 Å². The van der Waals surface area contributed by atoms with Crippen LogP contribution in [-0.4, -0.2) is 11.1 Å². The Balaban J connectivity index is -0.0000000787. The molecule has 2 atom stereocenters. The Morgan fingerprint density at radius 1 is 0.808 bits per heavy atom. The monoisotopic (exact) mass is 470 g/mol. The number of rotatable bonds is 13. The molecule has 1 N–H and O–H groups in total. The molecule has 0 aliphatic heterocycles. The molecule has 138 valence electrons. The van der Waals surface area contributed by atoms with Crippen molar-refractivity contribution in [3.63, 3.8) is 0 Å². The van der Waals surface area contributed by atoms with E-state index in [1.54, 1.807) is 0 Å². The maximum atomic E-state index is 10.5. The predicted octanol–water partition coefficient (Wildman–Crippen LogP) is -5.08. The van der Waals surface area contributed by atoms with E-state index in [0.29, 0.717) is 0 Å². The minimum atomic E-state index is -0.822. The summed E-state index contributed by atoms with van der Waals surface area (Å²) in [7, 11) is 0. The molecule has 0 amide bonds. The molecule has 0 unspecified atom stereocenters. The zero-order valence-electron chi connectivity index (χ0n) is 23.5. The third-order valence-corrected chi connectivity index (χ3v) is 4.51. The van der Waals surface area contributed by atoms with Gasteiger partial charge >= 0.3 is 212 Å². The zero-order chi connectivity index (χ0) is 17.0. The molecular weight excluding hydrogens is 429 g/mol. The van der Waals surface area contributed by atoms with Crippen molar-refractivity contribution in [3.05, 3.63) is 11.6 Å². The average molecular weight is 471 g/mol. The van der Waals surface area contributed by atoms with Crippen LogP contribution in [0.1, 0.15) is 98.1 Å². The first-order chi connectivity index (χ1) is 10.3. The van der Waals surface area contributed by atoms with Crippen LogP contribution in [0.4, 0.5) is 0 Å². The Morgan fingerprint density at radius 3 is 1.58 bits per heavy atom. The molecule has 0 rings (SSSR count). The summed E-state index contributed by atoms with van der Waals surface area (Å²) in [5.41, 5.74) is 0.985. The molecule has 0 saturated carbocycles. The van der Waals surface area contributed by atoms with E-state index in [2.05, 4.69) is 27.7 Å². The standard InChI is InChI=1S/C20H38O2.4K.4H/c1-16(2)9-6-10-17(3)11-7-12-18(4)13-8-14-19(5)15-20(21)22;;;;;;;;/h15-18H,6-14H2,1-5H3,(H,21,22);;;;;;;;/q;4*+1;4*-1/b19-15+;;;;;;;;/t17-,18-;;;;;;;;/m1......../s1. The van der Waals surface area contributed by atoms with Crippen LogP contribution in [0.3, 0.4) is 0 Å². The second-order valence-corrected chi connectivity index (χ2v) is 7.69. The van der Waals surface area contributed by atoms with Gasteiger partial charge in [-0.2, -0.15) is 0 Å². The summed E-state index contributed by atoms with van der Waals surface area (Å²) in [6.07, 6.45) is 12.7. The van der Waals surface area contributed by atoms with Gasteiger partial charge in [-0.3, -0.25) is 0 Å². The molecule has 0 aliphatic carbocycles. The smallest absolute Gasteiger partial charge is 1.00 e. The fraction of sp³-hybridized carbons (Fsp3) is 0.850. The van der Waals surface area contributed by atoms with Gasteiger partial charge in [0, 0.05) is 6.08 Å². The van der Waals surface area contributed by atoms with Crippen LogP contribution in [0.2, 0.25) is 0 Å². The molecule has 0 aromatic heterocycles. The van der Waals surface area contributed by atoms with Gasteiger partial charge in [0.2, 0.25) is 0 Å². The maximum absolute atomic E-state index is 10.5. The molecule has 0 aromatic rings. The van der Waals surface area contributed by atoms with E-state index >= 15 is 0 Å². The second-order valence-electron chi connectivity index (χ2n) is 7.69. The first-order valence-electron chi connectivity index (χ1n) is 9.21. The van der Waals surface area contributed by atoms with Crippen LogP contribution in [0, 0.1) is 17.8 Å². The number of allylic oxidation sites excluding steroid dienone is 1. The quantitative estimate of drug-likeness (QED) is 0.216. The van der Waals surface area contributed by atoms with E-state index in [4.69, 9.17) is 5.11 Å². The third kappa shape index (κ3) is 31.9. The van der Waals surface area contributed by atoms with Crippen molar-refractivity contribution in [2.24, 2.45) is 17.8 Å². The SMILES string of the molecule is C/C(=C\C(=O)O)CCC[C@H](C)CCC[C@H](C)CCCC(C)C.[H-].[H-].[H-].[H-].[K+].[K+].[K+].[K+]. The van der Waals surface area contributed by atoms with Gasteiger partial charge in [0.05, 0.1) is 0 Å². The second kappa shape index (κ2) is 28.8. The number of carboxylic acids is 1. The first kappa shape index (κ1) is 42.0. The van der Waals surface area contributed by atoms with Crippen molar-refractivity contribution >= 4 is 5.97 Å². The van der Waals surface area contributed by atoms with Crippen LogP contribution in [0.15, 0.2) is 11.6 Å². The maximum Gasteiger partial charge on any atom is 1.00 e. The van der Waals surface area contributed by atoms with Crippen molar-refractivity contribution in [2.75, 3.05) is 0 Å². The fourth-order valence-electron chi connectivity index (χ4n) is 2.99. The molecule has 6 heteroatoms. The molecule has 0 aliphatic rings. The van der Waals surface area contributed by atoms with Crippen molar-refractivity contribution in [1.82, 2.24) is 0 Å². The normalized spacial score (nSPS) is 12.8. The molecule has 2 nitrogen and oxygen atoms in total. The van der Waals surface area contributed by atoms with E-state index in [1.807, 2.05) is 6.92 Å². The van der Waals surface area contributed by atoms with Gasteiger partial charge in [-0.05, 0) is 37.5 Å². The van der Waals surface area contributed by atoms with Gasteiger partial charge in [0.1, 0.15) is 0 Å². The summed E-state index contributed by atoms with van der Waals surface area (Å²) >= 11 is 0. The largest absolute Gasteiger partial charge is 1.00 e. The molecule has 0 spiro atoms. The van der Waals surface area contributed by atoms with Crippen LogP contribution in [-0.2, 0) is 4.79 Å². The van der Waals surface area contributed by atoms with Gasteiger partial charge in [0.25, 0.3) is 0 Å². The fourth-order valence-corrected chi connectivity index (χ4v) is 2.99. The van der Waals surface area contributed by atoms with Gasteiger partial charge in [-0.15, -0.1) is 0 Å². The molecule has 0 saturated heterocycles.